The van der Waals surface area contributed by atoms with Crippen LogP contribution in [0.4, 0.5) is 0 Å². The highest BCUT2D eigenvalue weighted by Crippen LogP contribution is 2.90. The third-order valence-electron chi connectivity index (χ3n) is 16.6. The number of fused-ring (bicyclic) bond motifs is 4. The molecule has 286 valence electrons. The SMILES string of the molecule is CNCC1(O)C2O[C@@H]([C@H](OC(C)=O)C(C)(C)O)CC(C)C2[C@@]2(C)CC[C@@]34C[C@@]35CC[C@H](OC3OC[C@@H](O)[C@H](O)[C@H]3O)C(C)(C)[C@@H]5CC[C@H]4[C@]12C. The topological polar surface area (TPSA) is 167 Å². The van der Waals surface area contributed by atoms with Gasteiger partial charge in [0.2, 0.25) is 0 Å². The molecule has 0 radical (unpaired) electrons. The number of carbonyl (C=O) groups excluding carboxylic acids is 1. The summed E-state index contributed by atoms with van der Waals surface area (Å²) in [6.45, 7) is 16.6. The van der Waals surface area contributed by atoms with Crippen LogP contribution in [0.15, 0.2) is 0 Å². The first kappa shape index (κ1) is 37.4. The lowest BCUT2D eigenvalue weighted by Crippen LogP contribution is -2.67. The average molecular weight is 708 g/mol. The number of ether oxygens (including phenoxy) is 4. The van der Waals surface area contributed by atoms with Crippen LogP contribution < -0.4 is 5.32 Å². The number of esters is 1. The van der Waals surface area contributed by atoms with Crippen LogP contribution in [0.5, 0.6) is 0 Å². The van der Waals surface area contributed by atoms with Crippen LogP contribution in [0, 0.1) is 50.7 Å². The fourth-order valence-electron chi connectivity index (χ4n) is 14.4. The zero-order chi connectivity index (χ0) is 36.6. The van der Waals surface area contributed by atoms with Gasteiger partial charge >= 0.3 is 5.97 Å². The highest BCUT2D eigenvalue weighted by molar-refractivity contribution is 5.66. The Morgan fingerprint density at radius 1 is 1.00 bits per heavy atom. The monoisotopic (exact) mass is 707 g/mol. The minimum Gasteiger partial charge on any atom is -0.457 e. The van der Waals surface area contributed by atoms with E-state index < -0.39 is 65.5 Å². The molecule has 11 nitrogen and oxygen atoms in total. The highest BCUT2D eigenvalue weighted by Gasteiger charge is 2.87. The molecule has 11 heteroatoms. The standard InChI is InChI=1S/C39H65NO10/c1-20-16-23(30(34(5,6)45)48-21(2)41)49-31-27(20)35(7)14-15-38-18-37(38)13-12-26(50-32-29(44)28(43)22(42)17-47-32)33(3,4)24(37)10-11-25(38)36(35,8)39(31,46)19-40-9/h20,22-32,40,42-46H,10-19H2,1-9H3/t20?,22-,23-,24+,25+,26+,27?,28+,29-,30+,31?,32?,35-,36+,37-,38+,39?/m1/s1. The van der Waals surface area contributed by atoms with E-state index in [4.69, 9.17) is 18.9 Å². The quantitative estimate of drug-likeness (QED) is 0.170. The van der Waals surface area contributed by atoms with Gasteiger partial charge in [0.15, 0.2) is 12.4 Å². The van der Waals surface area contributed by atoms with Gasteiger partial charge in [-0.15, -0.1) is 0 Å². The number of aliphatic hydroxyl groups is 5. The van der Waals surface area contributed by atoms with Crippen molar-refractivity contribution in [3.63, 3.8) is 0 Å². The maximum Gasteiger partial charge on any atom is 0.303 e. The molecule has 2 heterocycles. The van der Waals surface area contributed by atoms with Crippen LogP contribution in [0.2, 0.25) is 0 Å². The summed E-state index contributed by atoms with van der Waals surface area (Å²) in [5.74, 6) is 0.500. The van der Waals surface area contributed by atoms with Crippen molar-refractivity contribution in [1.82, 2.24) is 5.32 Å². The molecule has 2 saturated heterocycles. The molecule has 0 aromatic rings. The van der Waals surface area contributed by atoms with Crippen LogP contribution in [-0.2, 0) is 23.7 Å². The maximum absolute atomic E-state index is 13.4. The smallest absolute Gasteiger partial charge is 0.303 e. The van der Waals surface area contributed by atoms with Gasteiger partial charge in [-0.3, -0.25) is 4.79 Å². The molecule has 5 saturated carbocycles. The minimum atomic E-state index is -1.32. The summed E-state index contributed by atoms with van der Waals surface area (Å²) in [5, 5.41) is 58.9. The Labute approximate surface area is 298 Å². The van der Waals surface area contributed by atoms with Crippen LogP contribution in [0.1, 0.15) is 107 Å². The largest absolute Gasteiger partial charge is 0.457 e. The molecule has 50 heavy (non-hydrogen) atoms. The second-order valence-corrected chi connectivity index (χ2v) is 19.5. The second kappa shape index (κ2) is 11.8. The Balaban J connectivity index is 1.20. The predicted octanol–water partition coefficient (Wildman–Crippen LogP) is 2.92. The molecule has 7 rings (SSSR count). The molecule has 7 fully saturated rings. The summed E-state index contributed by atoms with van der Waals surface area (Å²) < 4.78 is 24.9. The molecule has 0 aromatic heterocycles. The molecule has 2 spiro atoms. The van der Waals surface area contributed by atoms with E-state index in [-0.39, 0.29) is 52.1 Å². The van der Waals surface area contributed by atoms with Crippen molar-refractivity contribution in [3.05, 3.63) is 0 Å². The Kier molecular flexibility index (Phi) is 8.84. The molecule has 0 aromatic carbocycles. The van der Waals surface area contributed by atoms with Gasteiger partial charge in [0.1, 0.15) is 23.9 Å². The van der Waals surface area contributed by atoms with E-state index in [0.717, 1.165) is 44.9 Å². The number of nitrogens with one attached hydrogen (secondary N) is 1. The van der Waals surface area contributed by atoms with Crippen molar-refractivity contribution >= 4 is 5.97 Å². The third kappa shape index (κ3) is 4.76. The van der Waals surface area contributed by atoms with E-state index in [9.17, 15) is 30.3 Å². The average Bonchev–Trinajstić information content (AvgIpc) is 3.66. The lowest BCUT2D eigenvalue weighted by atomic mass is 9.40. The lowest BCUT2D eigenvalue weighted by Gasteiger charge is -2.65. The van der Waals surface area contributed by atoms with Gasteiger partial charge in [0.25, 0.3) is 0 Å². The Morgan fingerprint density at radius 3 is 2.30 bits per heavy atom. The summed E-state index contributed by atoms with van der Waals surface area (Å²) in [7, 11) is 1.90. The van der Waals surface area contributed by atoms with Crippen molar-refractivity contribution < 1.29 is 49.3 Å². The van der Waals surface area contributed by atoms with E-state index in [0.29, 0.717) is 18.9 Å². The van der Waals surface area contributed by atoms with E-state index in [1.807, 2.05) is 7.05 Å². The van der Waals surface area contributed by atoms with Gasteiger partial charge < -0.3 is 49.8 Å². The third-order valence-corrected chi connectivity index (χ3v) is 16.6. The molecule has 5 unspecified atom stereocenters. The molecule has 0 bridgehead atoms. The number of carbonyl (C=O) groups is 1. The molecule has 2 aliphatic heterocycles. The minimum absolute atomic E-state index is 0.0751. The van der Waals surface area contributed by atoms with E-state index in [2.05, 4.69) is 39.9 Å². The van der Waals surface area contributed by atoms with Crippen molar-refractivity contribution in [2.75, 3.05) is 20.2 Å². The van der Waals surface area contributed by atoms with Crippen molar-refractivity contribution in [2.45, 2.75) is 167 Å². The van der Waals surface area contributed by atoms with Gasteiger partial charge in [-0.05, 0) is 118 Å². The van der Waals surface area contributed by atoms with Crippen LogP contribution >= 0.6 is 0 Å². The number of hydrogen-bond acceptors (Lipinski definition) is 11. The van der Waals surface area contributed by atoms with Crippen molar-refractivity contribution in [2.24, 2.45) is 50.7 Å². The Bertz CT molecular complexity index is 1340. The Hall–Kier alpha value is -0.890. The summed E-state index contributed by atoms with van der Waals surface area (Å²) in [6.07, 6.45) is 0.941. The van der Waals surface area contributed by atoms with E-state index in [1.165, 1.54) is 6.92 Å². The normalized spacial score (nSPS) is 54.3. The van der Waals surface area contributed by atoms with Crippen molar-refractivity contribution in [1.29, 1.82) is 0 Å². The first-order valence-corrected chi connectivity index (χ1v) is 19.4. The number of aliphatic hydroxyl groups excluding tert-OH is 3. The van der Waals surface area contributed by atoms with Gasteiger partial charge in [0, 0.05) is 18.9 Å². The van der Waals surface area contributed by atoms with Gasteiger partial charge in [-0.25, -0.2) is 0 Å². The summed E-state index contributed by atoms with van der Waals surface area (Å²) >= 11 is 0. The van der Waals surface area contributed by atoms with Crippen LogP contribution in [-0.4, -0.2) is 112 Å². The summed E-state index contributed by atoms with van der Waals surface area (Å²) in [4.78, 5) is 12.2. The fraction of sp³-hybridized carbons (Fsp3) is 0.974. The number of likely N-dealkylation sites (N-methyl/N-ethyl adjacent to an activating group) is 1. The summed E-state index contributed by atoms with van der Waals surface area (Å²) in [5.41, 5.74) is -3.15. The highest BCUT2D eigenvalue weighted by atomic mass is 16.7. The zero-order valence-corrected chi connectivity index (χ0v) is 31.8. The van der Waals surface area contributed by atoms with Gasteiger partial charge in [-0.2, -0.15) is 0 Å². The lowest BCUT2D eigenvalue weighted by molar-refractivity contribution is -0.303. The molecule has 6 N–H and O–H groups in total. The first-order chi connectivity index (χ1) is 23.2. The molecule has 7 aliphatic rings. The van der Waals surface area contributed by atoms with Crippen molar-refractivity contribution in [3.8, 4) is 0 Å². The first-order valence-electron chi connectivity index (χ1n) is 19.4. The molecular weight excluding hydrogens is 642 g/mol. The molecule has 17 atom stereocenters. The fourth-order valence-corrected chi connectivity index (χ4v) is 14.4. The Morgan fingerprint density at radius 2 is 1.66 bits per heavy atom. The zero-order valence-electron chi connectivity index (χ0n) is 31.8. The van der Waals surface area contributed by atoms with Crippen LogP contribution in [0.25, 0.3) is 0 Å². The van der Waals surface area contributed by atoms with Gasteiger partial charge in [-0.1, -0.05) is 34.6 Å². The second-order valence-electron chi connectivity index (χ2n) is 19.5. The van der Waals surface area contributed by atoms with E-state index in [1.54, 1.807) is 13.8 Å². The summed E-state index contributed by atoms with van der Waals surface area (Å²) in [6, 6.07) is 0. The maximum atomic E-state index is 13.4. The van der Waals surface area contributed by atoms with Gasteiger partial charge in [0.05, 0.1) is 30.5 Å². The number of rotatable bonds is 7. The van der Waals surface area contributed by atoms with Crippen LogP contribution in [0.3, 0.4) is 0 Å². The predicted molar refractivity (Wildman–Crippen MR) is 183 cm³/mol. The molecule has 5 aliphatic carbocycles. The number of hydrogen-bond donors (Lipinski definition) is 6. The van der Waals surface area contributed by atoms with E-state index >= 15 is 0 Å². The molecule has 0 amide bonds. The molecular formula is C39H65NO10.